The van der Waals surface area contributed by atoms with E-state index in [1.807, 2.05) is 11.8 Å². The summed E-state index contributed by atoms with van der Waals surface area (Å²) in [7, 11) is 0. The van der Waals surface area contributed by atoms with Crippen molar-refractivity contribution in [1.82, 2.24) is 4.90 Å². The second-order valence-electron chi connectivity index (χ2n) is 3.20. The van der Waals surface area contributed by atoms with Crippen LogP contribution in [-0.2, 0) is 0 Å². The van der Waals surface area contributed by atoms with Crippen LogP contribution in [0.3, 0.4) is 0 Å². The van der Waals surface area contributed by atoms with Crippen molar-refractivity contribution in [1.29, 1.82) is 0 Å². The molecule has 0 fully saturated rings. The molecule has 0 aromatic carbocycles. The quantitative estimate of drug-likeness (QED) is 0.698. The van der Waals surface area contributed by atoms with Crippen LogP contribution in [0.2, 0.25) is 0 Å². The molecular formula is C12H19NS. The topological polar surface area (TPSA) is 3.24 Å². The van der Waals surface area contributed by atoms with Crippen molar-refractivity contribution in [2.24, 2.45) is 0 Å². The van der Waals surface area contributed by atoms with Crippen molar-refractivity contribution < 1.29 is 0 Å². The third-order valence-corrected chi connectivity index (χ3v) is 3.24. The molecular weight excluding hydrogens is 190 g/mol. The minimum atomic E-state index is 1.06. The van der Waals surface area contributed by atoms with Crippen LogP contribution in [0, 0.1) is 0 Å². The van der Waals surface area contributed by atoms with Gasteiger partial charge < -0.3 is 4.90 Å². The smallest absolute Gasteiger partial charge is 0.0171 e. The fraction of sp³-hybridized carbons (Fsp3) is 0.500. The number of allylic oxidation sites excluding steroid dienone is 4. The Balaban J connectivity index is 2.70. The number of rotatable bonds is 4. The maximum atomic E-state index is 2.41. The predicted molar refractivity (Wildman–Crippen MR) is 66.4 cm³/mol. The Morgan fingerprint density at radius 1 is 1.36 bits per heavy atom. The van der Waals surface area contributed by atoms with Crippen molar-refractivity contribution >= 4 is 11.8 Å². The summed E-state index contributed by atoms with van der Waals surface area (Å²) >= 11 is 1.81. The Hall–Kier alpha value is -0.630. The number of nitrogens with zero attached hydrogens (tertiary/aromatic N) is 1. The molecule has 0 heterocycles. The SMILES string of the molecule is CCN(CC)C1=CC=CC(SC)=CC1. The second kappa shape index (κ2) is 5.97. The van der Waals surface area contributed by atoms with Crippen molar-refractivity contribution in [2.75, 3.05) is 19.3 Å². The predicted octanol–water partition coefficient (Wildman–Crippen LogP) is 3.42. The third kappa shape index (κ3) is 2.95. The molecule has 0 aliphatic heterocycles. The number of hydrogen-bond acceptors (Lipinski definition) is 2. The van der Waals surface area contributed by atoms with Crippen LogP contribution in [0.5, 0.6) is 0 Å². The van der Waals surface area contributed by atoms with Crippen molar-refractivity contribution in [3.8, 4) is 0 Å². The average Bonchev–Trinajstić information content (AvgIpc) is 2.45. The molecule has 0 aromatic heterocycles. The summed E-state index contributed by atoms with van der Waals surface area (Å²) in [6.07, 6.45) is 12.1. The Kier molecular flexibility index (Phi) is 4.88. The molecule has 0 radical (unpaired) electrons. The van der Waals surface area contributed by atoms with Crippen molar-refractivity contribution in [2.45, 2.75) is 20.3 Å². The highest BCUT2D eigenvalue weighted by molar-refractivity contribution is 8.02. The van der Waals surface area contributed by atoms with Crippen LogP contribution < -0.4 is 0 Å². The molecule has 0 saturated carbocycles. The van der Waals surface area contributed by atoms with E-state index in [4.69, 9.17) is 0 Å². The van der Waals surface area contributed by atoms with Gasteiger partial charge in [0.2, 0.25) is 0 Å². The van der Waals surface area contributed by atoms with Crippen LogP contribution in [0.25, 0.3) is 0 Å². The van der Waals surface area contributed by atoms with Gasteiger partial charge in [0.1, 0.15) is 0 Å². The van der Waals surface area contributed by atoms with Crippen molar-refractivity contribution in [3.63, 3.8) is 0 Å². The molecule has 2 heteroatoms. The van der Waals surface area contributed by atoms with Gasteiger partial charge in [-0.1, -0.05) is 12.2 Å². The minimum absolute atomic E-state index is 1.06. The lowest BCUT2D eigenvalue weighted by atomic mass is 10.2. The van der Waals surface area contributed by atoms with Gasteiger partial charge >= 0.3 is 0 Å². The summed E-state index contributed by atoms with van der Waals surface area (Å²) in [5.41, 5.74) is 1.43. The van der Waals surface area contributed by atoms with Gasteiger partial charge in [-0.25, -0.2) is 0 Å². The summed E-state index contributed by atoms with van der Waals surface area (Å²) in [4.78, 5) is 3.77. The van der Waals surface area contributed by atoms with E-state index in [1.54, 1.807) is 0 Å². The Morgan fingerprint density at radius 2 is 2.07 bits per heavy atom. The highest BCUT2D eigenvalue weighted by Gasteiger charge is 2.05. The van der Waals surface area contributed by atoms with Crippen LogP contribution in [0.15, 0.2) is 34.9 Å². The first kappa shape index (κ1) is 11.4. The van der Waals surface area contributed by atoms with Gasteiger partial charge in [0.15, 0.2) is 0 Å². The summed E-state index contributed by atoms with van der Waals surface area (Å²) < 4.78 is 0. The maximum Gasteiger partial charge on any atom is 0.0171 e. The average molecular weight is 209 g/mol. The fourth-order valence-corrected chi connectivity index (χ4v) is 2.08. The molecule has 1 rings (SSSR count). The van der Waals surface area contributed by atoms with E-state index >= 15 is 0 Å². The van der Waals surface area contributed by atoms with Gasteiger partial charge in [0.05, 0.1) is 0 Å². The molecule has 1 aliphatic rings. The van der Waals surface area contributed by atoms with Gasteiger partial charge in [-0.05, 0) is 32.3 Å². The van der Waals surface area contributed by atoms with Gasteiger partial charge in [-0.15, -0.1) is 11.8 Å². The van der Waals surface area contributed by atoms with E-state index in [-0.39, 0.29) is 0 Å². The molecule has 0 spiro atoms. The molecule has 1 aliphatic carbocycles. The molecule has 78 valence electrons. The number of hydrogen-bond donors (Lipinski definition) is 0. The Bertz CT molecular complexity index is 259. The lowest BCUT2D eigenvalue weighted by molar-refractivity contribution is 0.376. The Morgan fingerprint density at radius 3 is 2.64 bits per heavy atom. The zero-order chi connectivity index (χ0) is 10.4. The summed E-state index contributed by atoms with van der Waals surface area (Å²) in [5, 5.41) is 0. The van der Waals surface area contributed by atoms with E-state index in [1.165, 1.54) is 10.6 Å². The molecule has 0 aromatic rings. The zero-order valence-corrected chi connectivity index (χ0v) is 10.1. The lowest BCUT2D eigenvalue weighted by Gasteiger charge is -2.23. The minimum Gasteiger partial charge on any atom is -0.375 e. The Labute approximate surface area is 91.6 Å². The fourth-order valence-electron chi connectivity index (χ4n) is 1.61. The van der Waals surface area contributed by atoms with Crippen molar-refractivity contribution in [3.05, 3.63) is 34.9 Å². The van der Waals surface area contributed by atoms with Crippen LogP contribution >= 0.6 is 11.8 Å². The maximum absolute atomic E-state index is 2.41. The van der Waals surface area contributed by atoms with Gasteiger partial charge in [0.25, 0.3) is 0 Å². The van der Waals surface area contributed by atoms with Gasteiger partial charge in [-0.3, -0.25) is 0 Å². The molecule has 0 bridgehead atoms. The monoisotopic (exact) mass is 209 g/mol. The molecule has 0 amide bonds. The van der Waals surface area contributed by atoms with Crippen LogP contribution in [0.1, 0.15) is 20.3 Å². The first-order valence-electron chi connectivity index (χ1n) is 5.18. The normalized spacial score (nSPS) is 15.9. The molecule has 1 nitrogen and oxygen atoms in total. The van der Waals surface area contributed by atoms with E-state index in [0.717, 1.165) is 19.5 Å². The van der Waals surface area contributed by atoms with Gasteiger partial charge in [0, 0.05) is 30.1 Å². The van der Waals surface area contributed by atoms with Crippen LogP contribution in [-0.4, -0.2) is 24.2 Å². The highest BCUT2D eigenvalue weighted by atomic mass is 32.2. The summed E-state index contributed by atoms with van der Waals surface area (Å²) in [5.74, 6) is 0. The summed E-state index contributed by atoms with van der Waals surface area (Å²) in [6, 6.07) is 0. The van der Waals surface area contributed by atoms with E-state index in [0.29, 0.717) is 0 Å². The highest BCUT2D eigenvalue weighted by Crippen LogP contribution is 2.20. The lowest BCUT2D eigenvalue weighted by Crippen LogP contribution is -2.21. The molecule has 0 N–H and O–H groups in total. The zero-order valence-electron chi connectivity index (χ0n) is 9.29. The molecule has 0 saturated heterocycles. The van der Waals surface area contributed by atoms with Crippen LogP contribution in [0.4, 0.5) is 0 Å². The first-order chi connectivity index (χ1) is 6.81. The molecule has 14 heavy (non-hydrogen) atoms. The first-order valence-corrected chi connectivity index (χ1v) is 6.40. The van der Waals surface area contributed by atoms with E-state index in [2.05, 4.69) is 49.3 Å². The van der Waals surface area contributed by atoms with E-state index < -0.39 is 0 Å². The second-order valence-corrected chi connectivity index (χ2v) is 4.08. The molecule has 0 atom stereocenters. The number of thioether (sulfide) groups is 1. The van der Waals surface area contributed by atoms with E-state index in [9.17, 15) is 0 Å². The third-order valence-electron chi connectivity index (χ3n) is 2.47. The largest absolute Gasteiger partial charge is 0.375 e. The van der Waals surface area contributed by atoms with Gasteiger partial charge in [-0.2, -0.15) is 0 Å². The summed E-state index contributed by atoms with van der Waals surface area (Å²) in [6.45, 7) is 6.60. The molecule has 0 unspecified atom stereocenters. The standard InChI is InChI=1S/C12H19NS/c1-4-13(5-2)11-7-6-8-12(14-3)10-9-11/h6-8,10H,4-5,9H2,1-3H3.